The molecule has 0 aliphatic carbocycles. The second kappa shape index (κ2) is 5.23. The van der Waals surface area contributed by atoms with E-state index in [4.69, 9.17) is 14.3 Å². The minimum Gasteiger partial charge on any atom is -0.493 e. The van der Waals surface area contributed by atoms with Crippen LogP contribution in [0.4, 0.5) is 0 Å². The average Bonchev–Trinajstić information content (AvgIpc) is 2.36. The van der Waals surface area contributed by atoms with Crippen LogP contribution in [0.1, 0.15) is 17.5 Å². The molecule has 4 heteroatoms. The van der Waals surface area contributed by atoms with Gasteiger partial charge in [0.25, 0.3) is 0 Å². The molecule has 0 unspecified atom stereocenters. The highest BCUT2D eigenvalue weighted by Crippen LogP contribution is 2.23. The molecule has 18 heavy (non-hydrogen) atoms. The summed E-state index contributed by atoms with van der Waals surface area (Å²) in [5.74, 6) is 0.641. The van der Waals surface area contributed by atoms with Gasteiger partial charge in [-0.1, -0.05) is 0 Å². The first-order valence-corrected chi connectivity index (χ1v) is 5.91. The van der Waals surface area contributed by atoms with Gasteiger partial charge in [-0.25, -0.2) is 4.79 Å². The Morgan fingerprint density at radius 1 is 1.28 bits per heavy atom. The van der Waals surface area contributed by atoms with Crippen LogP contribution in [0.15, 0.2) is 27.4 Å². The number of hydrogen-bond donors (Lipinski definition) is 1. The number of aryl methyl sites for hydroxylation is 1. The van der Waals surface area contributed by atoms with Crippen molar-refractivity contribution in [2.75, 3.05) is 13.2 Å². The van der Waals surface area contributed by atoms with Crippen molar-refractivity contribution in [3.8, 4) is 5.75 Å². The molecule has 0 amide bonds. The van der Waals surface area contributed by atoms with Crippen molar-refractivity contribution in [1.29, 1.82) is 0 Å². The summed E-state index contributed by atoms with van der Waals surface area (Å²) in [6, 6.07) is 5.43. The minimum absolute atomic E-state index is 0.0982. The minimum atomic E-state index is -0.312. The van der Waals surface area contributed by atoms with Gasteiger partial charge in [0.2, 0.25) is 0 Å². The van der Waals surface area contributed by atoms with Crippen LogP contribution in [0.25, 0.3) is 11.0 Å². The normalized spacial score (nSPS) is 10.8. The van der Waals surface area contributed by atoms with Crippen LogP contribution in [0.3, 0.4) is 0 Å². The molecule has 0 spiro atoms. The zero-order valence-corrected chi connectivity index (χ0v) is 10.5. The third-order valence-corrected chi connectivity index (χ3v) is 3.00. The number of fused-ring (bicyclic) bond motifs is 1. The van der Waals surface area contributed by atoms with Crippen molar-refractivity contribution in [2.45, 2.75) is 20.3 Å². The van der Waals surface area contributed by atoms with Crippen molar-refractivity contribution in [3.63, 3.8) is 0 Å². The quantitative estimate of drug-likeness (QED) is 0.665. The van der Waals surface area contributed by atoms with E-state index in [1.807, 2.05) is 19.1 Å². The summed E-state index contributed by atoms with van der Waals surface area (Å²) in [5.41, 5.74) is 1.79. The Labute approximate surface area is 105 Å². The summed E-state index contributed by atoms with van der Waals surface area (Å²) < 4.78 is 10.7. The second-order valence-electron chi connectivity index (χ2n) is 4.22. The Kier molecular flexibility index (Phi) is 3.67. The highest BCUT2D eigenvalue weighted by molar-refractivity contribution is 5.82. The van der Waals surface area contributed by atoms with Crippen LogP contribution in [-0.4, -0.2) is 18.3 Å². The third-order valence-electron chi connectivity index (χ3n) is 3.00. The standard InChI is InChI=1S/C14H16O4/c1-9-10(2)14(16)18-13-8-11(4-5-12(9)13)17-7-3-6-15/h4-5,8,15H,3,6-7H2,1-2H3. The summed E-state index contributed by atoms with van der Waals surface area (Å²) in [4.78, 5) is 11.6. The number of rotatable bonds is 4. The number of aliphatic hydroxyl groups excluding tert-OH is 1. The predicted octanol–water partition coefficient (Wildman–Crippen LogP) is 2.17. The molecule has 0 fully saturated rings. The van der Waals surface area contributed by atoms with Crippen molar-refractivity contribution >= 4 is 11.0 Å². The maximum absolute atomic E-state index is 11.6. The smallest absolute Gasteiger partial charge is 0.339 e. The van der Waals surface area contributed by atoms with E-state index < -0.39 is 0 Å². The van der Waals surface area contributed by atoms with E-state index >= 15 is 0 Å². The molecule has 0 saturated carbocycles. The molecule has 1 aromatic heterocycles. The van der Waals surface area contributed by atoms with Gasteiger partial charge in [0, 0.05) is 30.0 Å². The first-order valence-electron chi connectivity index (χ1n) is 5.91. The van der Waals surface area contributed by atoms with Gasteiger partial charge in [-0.2, -0.15) is 0 Å². The fraction of sp³-hybridized carbons (Fsp3) is 0.357. The van der Waals surface area contributed by atoms with E-state index in [1.54, 1.807) is 13.0 Å². The van der Waals surface area contributed by atoms with Gasteiger partial charge in [0.05, 0.1) is 6.61 Å². The van der Waals surface area contributed by atoms with Crippen LogP contribution in [0.2, 0.25) is 0 Å². The summed E-state index contributed by atoms with van der Waals surface area (Å²) in [6.07, 6.45) is 0.578. The Hall–Kier alpha value is -1.81. The zero-order chi connectivity index (χ0) is 13.1. The van der Waals surface area contributed by atoms with E-state index in [9.17, 15) is 4.79 Å². The SMILES string of the molecule is Cc1c(C)c2ccc(OCCCO)cc2oc1=O. The highest BCUT2D eigenvalue weighted by Gasteiger charge is 2.08. The van der Waals surface area contributed by atoms with E-state index in [1.165, 1.54) is 0 Å². The number of aliphatic hydroxyl groups is 1. The average molecular weight is 248 g/mol. The molecule has 2 aromatic rings. The largest absolute Gasteiger partial charge is 0.493 e. The van der Waals surface area contributed by atoms with E-state index in [-0.39, 0.29) is 12.2 Å². The van der Waals surface area contributed by atoms with Gasteiger partial charge in [0.15, 0.2) is 0 Å². The predicted molar refractivity (Wildman–Crippen MR) is 69.2 cm³/mol. The summed E-state index contributed by atoms with van der Waals surface area (Å²) >= 11 is 0. The van der Waals surface area contributed by atoms with Crippen molar-refractivity contribution in [1.82, 2.24) is 0 Å². The molecule has 0 aliphatic heterocycles. The fourth-order valence-electron chi connectivity index (χ4n) is 1.77. The topological polar surface area (TPSA) is 59.7 Å². The summed E-state index contributed by atoms with van der Waals surface area (Å²) in [6.45, 7) is 4.20. The van der Waals surface area contributed by atoms with Crippen LogP contribution < -0.4 is 10.4 Å². The number of benzene rings is 1. The van der Waals surface area contributed by atoms with Crippen LogP contribution in [-0.2, 0) is 0 Å². The molecule has 0 radical (unpaired) electrons. The number of hydrogen-bond acceptors (Lipinski definition) is 4. The summed E-state index contributed by atoms with van der Waals surface area (Å²) in [5, 5.41) is 9.60. The van der Waals surface area contributed by atoms with E-state index in [0.717, 1.165) is 10.9 Å². The summed E-state index contributed by atoms with van der Waals surface area (Å²) in [7, 11) is 0. The van der Waals surface area contributed by atoms with Crippen LogP contribution in [0.5, 0.6) is 5.75 Å². The van der Waals surface area contributed by atoms with Crippen molar-refractivity contribution in [2.24, 2.45) is 0 Å². The van der Waals surface area contributed by atoms with Crippen molar-refractivity contribution < 1.29 is 14.3 Å². The van der Waals surface area contributed by atoms with Crippen LogP contribution in [0, 0.1) is 13.8 Å². The molecule has 0 saturated heterocycles. The maximum atomic E-state index is 11.6. The van der Waals surface area contributed by atoms with Crippen LogP contribution >= 0.6 is 0 Å². The van der Waals surface area contributed by atoms with E-state index in [2.05, 4.69) is 0 Å². The van der Waals surface area contributed by atoms with Gasteiger partial charge in [-0.3, -0.25) is 0 Å². The zero-order valence-electron chi connectivity index (χ0n) is 10.5. The van der Waals surface area contributed by atoms with Gasteiger partial charge in [-0.05, 0) is 31.5 Å². The highest BCUT2D eigenvalue weighted by atomic mass is 16.5. The van der Waals surface area contributed by atoms with E-state index in [0.29, 0.717) is 29.9 Å². The molecule has 96 valence electrons. The lowest BCUT2D eigenvalue weighted by Crippen LogP contribution is -2.06. The molecule has 0 bridgehead atoms. The first-order chi connectivity index (χ1) is 8.63. The molecular formula is C14H16O4. The monoisotopic (exact) mass is 248 g/mol. The van der Waals surface area contributed by atoms with Gasteiger partial charge in [0.1, 0.15) is 11.3 Å². The van der Waals surface area contributed by atoms with Crippen molar-refractivity contribution in [3.05, 3.63) is 39.7 Å². The Morgan fingerprint density at radius 2 is 2.06 bits per heavy atom. The molecule has 2 rings (SSSR count). The first kappa shape index (κ1) is 12.6. The Morgan fingerprint density at radius 3 is 2.78 bits per heavy atom. The lowest BCUT2D eigenvalue weighted by Gasteiger charge is -2.08. The maximum Gasteiger partial charge on any atom is 0.339 e. The Balaban J connectivity index is 2.40. The van der Waals surface area contributed by atoms with Gasteiger partial charge >= 0.3 is 5.63 Å². The third kappa shape index (κ3) is 2.38. The lowest BCUT2D eigenvalue weighted by molar-refractivity contribution is 0.233. The molecule has 4 nitrogen and oxygen atoms in total. The molecule has 0 atom stereocenters. The fourth-order valence-corrected chi connectivity index (χ4v) is 1.77. The molecule has 1 aromatic carbocycles. The molecular weight excluding hydrogens is 232 g/mol. The molecule has 1 N–H and O–H groups in total. The molecule has 0 aliphatic rings. The number of ether oxygens (including phenoxy) is 1. The molecule has 1 heterocycles. The lowest BCUT2D eigenvalue weighted by atomic mass is 10.1. The van der Waals surface area contributed by atoms with Gasteiger partial charge < -0.3 is 14.3 Å². The van der Waals surface area contributed by atoms with Gasteiger partial charge in [-0.15, -0.1) is 0 Å². The Bertz CT molecular complexity index is 613. The second-order valence-corrected chi connectivity index (χ2v) is 4.22.